The van der Waals surface area contributed by atoms with Crippen molar-refractivity contribution in [2.75, 3.05) is 7.11 Å². The van der Waals surface area contributed by atoms with Crippen LogP contribution in [0.3, 0.4) is 0 Å². The SMILES string of the molecule is CON1C=CN=C(C#N)C1Cl. The van der Waals surface area contributed by atoms with Gasteiger partial charge in [-0.1, -0.05) is 11.6 Å². The van der Waals surface area contributed by atoms with Gasteiger partial charge >= 0.3 is 0 Å². The monoisotopic (exact) mass is 171 g/mol. The smallest absolute Gasteiger partial charge is 0.181 e. The second-order valence-electron chi connectivity index (χ2n) is 1.80. The first-order chi connectivity index (χ1) is 5.29. The molecule has 0 aromatic rings. The fourth-order valence-electron chi connectivity index (χ4n) is 0.672. The summed E-state index contributed by atoms with van der Waals surface area (Å²) in [6, 6.07) is 1.86. The highest BCUT2D eigenvalue weighted by molar-refractivity contribution is 6.34. The summed E-state index contributed by atoms with van der Waals surface area (Å²) in [7, 11) is 1.47. The lowest BCUT2D eigenvalue weighted by molar-refractivity contribution is -0.0857. The zero-order valence-corrected chi connectivity index (χ0v) is 6.62. The van der Waals surface area contributed by atoms with Crippen LogP contribution in [0.4, 0.5) is 0 Å². The van der Waals surface area contributed by atoms with E-state index < -0.39 is 5.50 Å². The molecule has 1 heterocycles. The minimum absolute atomic E-state index is 0.232. The maximum atomic E-state index is 8.49. The Hall–Kier alpha value is -1.05. The van der Waals surface area contributed by atoms with Crippen molar-refractivity contribution in [2.45, 2.75) is 5.50 Å². The van der Waals surface area contributed by atoms with E-state index in [0.29, 0.717) is 0 Å². The predicted octanol–water partition coefficient (Wildman–Crippen LogP) is 0.864. The van der Waals surface area contributed by atoms with Gasteiger partial charge < -0.3 is 0 Å². The molecule has 0 amide bonds. The van der Waals surface area contributed by atoms with Crippen LogP contribution in [0.2, 0.25) is 0 Å². The molecule has 11 heavy (non-hydrogen) atoms. The third-order valence-corrected chi connectivity index (χ3v) is 1.60. The molecular formula is C6H6ClN3O. The van der Waals surface area contributed by atoms with Gasteiger partial charge in [0.25, 0.3) is 0 Å². The average Bonchev–Trinajstić information content (AvgIpc) is 2.05. The number of hydrogen-bond acceptors (Lipinski definition) is 4. The number of nitrogens with zero attached hydrogens (tertiary/aromatic N) is 3. The summed E-state index contributed by atoms with van der Waals surface area (Å²) in [5.41, 5.74) is -0.383. The second-order valence-corrected chi connectivity index (χ2v) is 2.22. The van der Waals surface area contributed by atoms with E-state index in [9.17, 15) is 0 Å². The van der Waals surface area contributed by atoms with E-state index in [4.69, 9.17) is 21.7 Å². The maximum Gasteiger partial charge on any atom is 0.181 e. The quantitative estimate of drug-likeness (QED) is 0.434. The molecular weight excluding hydrogens is 166 g/mol. The molecule has 0 saturated heterocycles. The van der Waals surface area contributed by atoms with E-state index >= 15 is 0 Å². The van der Waals surface area contributed by atoms with Gasteiger partial charge in [0, 0.05) is 12.4 Å². The molecule has 0 aromatic carbocycles. The van der Waals surface area contributed by atoms with Crippen molar-refractivity contribution >= 4 is 17.3 Å². The molecule has 0 N–H and O–H groups in total. The number of aliphatic imine (C=N–C) groups is 1. The van der Waals surface area contributed by atoms with Crippen LogP contribution < -0.4 is 0 Å². The summed E-state index contributed by atoms with van der Waals surface area (Å²) in [5, 5.41) is 9.83. The molecule has 58 valence electrons. The molecule has 0 spiro atoms. The molecule has 1 rings (SSSR count). The fourth-order valence-corrected chi connectivity index (χ4v) is 0.922. The van der Waals surface area contributed by atoms with Gasteiger partial charge in [-0.25, -0.2) is 10.1 Å². The highest BCUT2D eigenvalue weighted by atomic mass is 35.5. The van der Waals surface area contributed by atoms with Gasteiger partial charge in [-0.15, -0.1) is 0 Å². The van der Waals surface area contributed by atoms with Crippen LogP contribution in [-0.4, -0.2) is 23.4 Å². The van der Waals surface area contributed by atoms with Crippen molar-refractivity contribution in [3.8, 4) is 6.07 Å². The molecule has 1 aliphatic heterocycles. The van der Waals surface area contributed by atoms with E-state index in [2.05, 4.69) is 4.99 Å². The third kappa shape index (κ3) is 1.50. The second kappa shape index (κ2) is 3.37. The minimum Gasteiger partial charge on any atom is -0.275 e. The topological polar surface area (TPSA) is 48.6 Å². The zero-order chi connectivity index (χ0) is 8.27. The summed E-state index contributed by atoms with van der Waals surface area (Å²) >= 11 is 5.75. The maximum absolute atomic E-state index is 8.49. The lowest BCUT2D eigenvalue weighted by Crippen LogP contribution is -2.33. The number of hydrogen-bond donors (Lipinski definition) is 0. The Kier molecular flexibility index (Phi) is 2.47. The van der Waals surface area contributed by atoms with Gasteiger partial charge in [-0.05, 0) is 0 Å². The van der Waals surface area contributed by atoms with Crippen LogP contribution in [-0.2, 0) is 4.84 Å². The van der Waals surface area contributed by atoms with E-state index in [0.717, 1.165) is 0 Å². The molecule has 0 aromatic heterocycles. The predicted molar refractivity (Wildman–Crippen MR) is 40.7 cm³/mol. The summed E-state index contributed by atoms with van der Waals surface area (Å²) < 4.78 is 0. The highest BCUT2D eigenvalue weighted by Crippen LogP contribution is 2.12. The Labute approximate surface area is 69.3 Å². The van der Waals surface area contributed by atoms with Crippen LogP contribution in [0.5, 0.6) is 0 Å². The molecule has 0 radical (unpaired) electrons. The molecule has 1 atom stereocenters. The Balaban J connectivity index is 2.79. The first-order valence-electron chi connectivity index (χ1n) is 2.90. The largest absolute Gasteiger partial charge is 0.275 e. The summed E-state index contributed by atoms with van der Waals surface area (Å²) in [6.45, 7) is 0. The molecule has 5 heteroatoms. The van der Waals surface area contributed by atoms with Gasteiger partial charge in [0.1, 0.15) is 6.07 Å². The van der Waals surface area contributed by atoms with Crippen LogP contribution >= 0.6 is 11.6 Å². The van der Waals surface area contributed by atoms with Gasteiger partial charge in [-0.2, -0.15) is 5.26 Å². The lowest BCUT2D eigenvalue weighted by atomic mass is 10.4. The Bertz CT molecular complexity index is 243. The van der Waals surface area contributed by atoms with Crippen molar-refractivity contribution in [2.24, 2.45) is 4.99 Å². The molecule has 1 aliphatic rings. The van der Waals surface area contributed by atoms with E-state index in [1.807, 2.05) is 6.07 Å². The summed E-state index contributed by atoms with van der Waals surface area (Å²) in [4.78, 5) is 8.57. The lowest BCUT2D eigenvalue weighted by Gasteiger charge is -2.23. The number of alkyl halides is 1. The van der Waals surface area contributed by atoms with Crippen LogP contribution in [0.1, 0.15) is 0 Å². The van der Waals surface area contributed by atoms with Gasteiger partial charge in [0.05, 0.1) is 7.11 Å². The number of hydroxylamine groups is 2. The molecule has 0 fully saturated rings. The molecule has 0 aliphatic carbocycles. The summed E-state index contributed by atoms with van der Waals surface area (Å²) in [5.74, 6) is 0. The molecule has 0 bridgehead atoms. The van der Waals surface area contributed by atoms with Crippen LogP contribution in [0.25, 0.3) is 0 Å². The standard InChI is InChI=1S/C6H6ClN3O/c1-11-10-3-2-9-5(4-8)6(10)7/h2-3,6H,1H3. The fraction of sp³-hybridized carbons (Fsp3) is 0.333. The van der Waals surface area contributed by atoms with Crippen molar-refractivity contribution < 1.29 is 4.84 Å². The van der Waals surface area contributed by atoms with Crippen molar-refractivity contribution in [1.29, 1.82) is 5.26 Å². The van der Waals surface area contributed by atoms with Gasteiger partial charge in [-0.3, -0.25) is 4.84 Å². The van der Waals surface area contributed by atoms with Crippen molar-refractivity contribution in [1.82, 2.24) is 5.06 Å². The number of nitriles is 1. The Morgan fingerprint density at radius 2 is 2.64 bits per heavy atom. The minimum atomic E-state index is -0.616. The Morgan fingerprint density at radius 3 is 3.18 bits per heavy atom. The van der Waals surface area contributed by atoms with E-state index in [1.165, 1.54) is 18.4 Å². The third-order valence-electron chi connectivity index (χ3n) is 1.20. The van der Waals surface area contributed by atoms with Crippen molar-refractivity contribution in [3.63, 3.8) is 0 Å². The van der Waals surface area contributed by atoms with Gasteiger partial charge in [0.2, 0.25) is 0 Å². The first kappa shape index (κ1) is 8.05. The average molecular weight is 172 g/mol. The van der Waals surface area contributed by atoms with Gasteiger partial charge in [0.15, 0.2) is 11.2 Å². The molecule has 4 nitrogen and oxygen atoms in total. The Morgan fingerprint density at radius 1 is 1.91 bits per heavy atom. The molecule has 0 saturated carbocycles. The normalized spacial score (nSPS) is 22.8. The van der Waals surface area contributed by atoms with Crippen LogP contribution in [0.15, 0.2) is 17.4 Å². The molecule has 1 unspecified atom stereocenters. The highest BCUT2D eigenvalue weighted by Gasteiger charge is 2.20. The number of halogens is 1. The summed E-state index contributed by atoms with van der Waals surface area (Å²) in [6.07, 6.45) is 3.01. The number of rotatable bonds is 1. The van der Waals surface area contributed by atoms with E-state index in [1.54, 1.807) is 6.20 Å². The van der Waals surface area contributed by atoms with E-state index in [-0.39, 0.29) is 5.71 Å². The zero-order valence-electron chi connectivity index (χ0n) is 5.86. The first-order valence-corrected chi connectivity index (χ1v) is 3.34. The van der Waals surface area contributed by atoms with Crippen molar-refractivity contribution in [3.05, 3.63) is 12.4 Å². The van der Waals surface area contributed by atoms with Crippen LogP contribution in [0, 0.1) is 11.3 Å².